The third kappa shape index (κ3) is 7.37. The Balaban J connectivity index is 1.65. The molecule has 2 bridgehead atoms. The van der Waals surface area contributed by atoms with Crippen LogP contribution in [0, 0.1) is 6.92 Å². The summed E-state index contributed by atoms with van der Waals surface area (Å²) in [6.07, 6.45) is 3.06. The Hall–Kier alpha value is -4.52. The fraction of sp³-hybridized carbons (Fsp3) is 0.429. The van der Waals surface area contributed by atoms with Crippen molar-refractivity contribution in [3.05, 3.63) is 71.5 Å². The number of fused-ring (bicyclic) bond motifs is 2. The normalized spacial score (nSPS) is 21.4. The zero-order valence-corrected chi connectivity index (χ0v) is 23.2. The van der Waals surface area contributed by atoms with E-state index in [0.29, 0.717) is 30.7 Å². The summed E-state index contributed by atoms with van der Waals surface area (Å²) in [6, 6.07) is 6.48. The molecule has 0 saturated heterocycles. The van der Waals surface area contributed by atoms with Crippen LogP contribution in [0.3, 0.4) is 0 Å². The number of oxazole rings is 1. The second-order valence-electron chi connectivity index (χ2n) is 10.1. The molecule has 1 aromatic carbocycles. The summed E-state index contributed by atoms with van der Waals surface area (Å²) < 4.78 is 7.21. The first-order valence-electron chi connectivity index (χ1n) is 13.5. The first-order chi connectivity index (χ1) is 19.6. The molecule has 13 nitrogen and oxygen atoms in total. The van der Waals surface area contributed by atoms with E-state index in [9.17, 15) is 24.3 Å². The first-order valence-corrected chi connectivity index (χ1v) is 13.5. The number of aliphatic hydroxyl groups is 1. The summed E-state index contributed by atoms with van der Waals surface area (Å²) >= 11 is 0. The van der Waals surface area contributed by atoms with Gasteiger partial charge in [0.05, 0.1) is 18.1 Å². The number of carbonyl (C=O) groups is 4. The molecule has 0 spiro atoms. The summed E-state index contributed by atoms with van der Waals surface area (Å²) in [7, 11) is 1.70. The van der Waals surface area contributed by atoms with Gasteiger partial charge < -0.3 is 35.4 Å². The molecule has 4 amide bonds. The molecule has 13 heteroatoms. The summed E-state index contributed by atoms with van der Waals surface area (Å²) in [5.41, 5.74) is 1.63. The number of carbonyl (C=O) groups excluding carboxylic acids is 4. The van der Waals surface area contributed by atoms with Gasteiger partial charge in [-0.2, -0.15) is 0 Å². The first kappa shape index (κ1) is 29.5. The highest BCUT2D eigenvalue weighted by atomic mass is 16.3. The van der Waals surface area contributed by atoms with Crippen LogP contribution >= 0.6 is 0 Å². The van der Waals surface area contributed by atoms with Crippen molar-refractivity contribution >= 4 is 23.6 Å². The predicted molar refractivity (Wildman–Crippen MR) is 147 cm³/mol. The Morgan fingerprint density at radius 3 is 2.61 bits per heavy atom. The van der Waals surface area contributed by atoms with Crippen molar-refractivity contribution in [1.29, 1.82) is 0 Å². The lowest BCUT2D eigenvalue weighted by Crippen LogP contribution is -2.52. The zero-order chi connectivity index (χ0) is 29.5. The highest BCUT2D eigenvalue weighted by Gasteiger charge is 2.31. The molecule has 4 rings (SSSR count). The van der Waals surface area contributed by atoms with Crippen molar-refractivity contribution < 1.29 is 28.7 Å². The molecule has 1 aliphatic heterocycles. The highest BCUT2D eigenvalue weighted by Crippen LogP contribution is 2.20. The monoisotopic (exact) mass is 565 g/mol. The number of amides is 4. The van der Waals surface area contributed by atoms with E-state index in [2.05, 4.69) is 31.2 Å². The lowest BCUT2D eigenvalue weighted by molar-refractivity contribution is -0.125. The lowest BCUT2D eigenvalue weighted by atomic mass is 10.0. The number of aliphatic hydroxyl groups excluding tert-OH is 1. The van der Waals surface area contributed by atoms with Crippen molar-refractivity contribution in [2.75, 3.05) is 6.54 Å². The number of benzene rings is 1. The van der Waals surface area contributed by atoms with E-state index in [1.54, 1.807) is 18.5 Å². The third-order valence-corrected chi connectivity index (χ3v) is 6.88. The summed E-state index contributed by atoms with van der Waals surface area (Å²) in [5.74, 6) is -2.09. The van der Waals surface area contributed by atoms with Gasteiger partial charge in [-0.1, -0.05) is 30.3 Å². The van der Waals surface area contributed by atoms with Crippen molar-refractivity contribution in [3.8, 4) is 0 Å². The van der Waals surface area contributed by atoms with E-state index in [1.165, 1.54) is 13.3 Å². The van der Waals surface area contributed by atoms with Crippen LogP contribution in [-0.4, -0.2) is 68.0 Å². The number of nitrogens with zero attached hydrogens (tertiary/aromatic N) is 3. The Morgan fingerprint density at radius 1 is 1.17 bits per heavy atom. The molecule has 1 aliphatic rings. The average Bonchev–Trinajstić information content (AvgIpc) is 3.56. The van der Waals surface area contributed by atoms with Crippen LogP contribution in [0.2, 0.25) is 0 Å². The Bertz CT molecular complexity index is 1360. The second-order valence-corrected chi connectivity index (χ2v) is 10.1. The molecule has 0 saturated carbocycles. The quantitative estimate of drug-likeness (QED) is 0.300. The standard InChI is InChI=1S/C28H35N7O6/c1-16-23(35(3)15-30-16)27(40)31-19-11-7-8-12-29-26(39)22(17(2)36)34-25(38)21-14-41-28(33-21)20(32-24(19)37)13-18-9-5-4-6-10-18/h4-6,9-10,14-15,17,19-20,22,36H,7-8,11-13H2,1-3H3,(H,29,39)(H,31,40)(H,32,37)(H,34,38)/t17-,19+,20+,22+/m1/s1. The van der Waals surface area contributed by atoms with E-state index >= 15 is 0 Å². The van der Waals surface area contributed by atoms with Crippen molar-refractivity contribution in [1.82, 2.24) is 35.8 Å². The van der Waals surface area contributed by atoms with Crippen LogP contribution in [0.4, 0.5) is 0 Å². The number of aryl methyl sites for hydroxylation is 2. The van der Waals surface area contributed by atoms with Gasteiger partial charge in [-0.25, -0.2) is 9.97 Å². The number of imidazole rings is 1. The number of nitrogens with one attached hydrogen (secondary N) is 4. The molecule has 0 radical (unpaired) electrons. The van der Waals surface area contributed by atoms with Crippen LogP contribution in [0.15, 0.2) is 47.3 Å². The van der Waals surface area contributed by atoms with E-state index in [1.807, 2.05) is 30.3 Å². The second kappa shape index (κ2) is 13.2. The van der Waals surface area contributed by atoms with E-state index in [-0.39, 0.29) is 24.6 Å². The number of aromatic nitrogens is 3. The minimum atomic E-state index is -1.20. The summed E-state index contributed by atoms with van der Waals surface area (Å²) in [6.45, 7) is 3.36. The minimum Gasteiger partial charge on any atom is -0.446 e. The van der Waals surface area contributed by atoms with Crippen molar-refractivity contribution in [2.24, 2.45) is 7.05 Å². The molecule has 0 aliphatic carbocycles. The maximum Gasteiger partial charge on any atom is 0.273 e. The Kier molecular flexibility index (Phi) is 9.50. The molecule has 0 unspecified atom stereocenters. The van der Waals surface area contributed by atoms with Crippen LogP contribution in [0.5, 0.6) is 0 Å². The smallest absolute Gasteiger partial charge is 0.273 e. The Labute approximate surface area is 237 Å². The largest absolute Gasteiger partial charge is 0.446 e. The van der Waals surface area contributed by atoms with Gasteiger partial charge >= 0.3 is 0 Å². The molecule has 3 heterocycles. The maximum absolute atomic E-state index is 13.6. The van der Waals surface area contributed by atoms with Crippen LogP contribution in [0.25, 0.3) is 0 Å². The van der Waals surface area contributed by atoms with Crippen molar-refractivity contribution in [2.45, 2.75) is 63.8 Å². The fourth-order valence-electron chi connectivity index (χ4n) is 4.66. The molecular formula is C28H35N7O6. The Morgan fingerprint density at radius 2 is 1.93 bits per heavy atom. The molecule has 3 aromatic rings. The van der Waals surface area contributed by atoms with E-state index in [4.69, 9.17) is 4.42 Å². The number of rotatable bonds is 5. The van der Waals surface area contributed by atoms with Gasteiger partial charge in [-0.05, 0) is 38.7 Å². The van der Waals surface area contributed by atoms with Crippen LogP contribution in [0.1, 0.15) is 70.4 Å². The zero-order valence-electron chi connectivity index (χ0n) is 23.2. The summed E-state index contributed by atoms with van der Waals surface area (Å²) in [5, 5.41) is 21.1. The van der Waals surface area contributed by atoms with Crippen LogP contribution in [-0.2, 0) is 23.1 Å². The lowest BCUT2D eigenvalue weighted by Gasteiger charge is -2.23. The predicted octanol–water partition coefficient (Wildman–Crippen LogP) is 0.694. The van der Waals surface area contributed by atoms with Gasteiger partial charge in [0.2, 0.25) is 17.7 Å². The van der Waals surface area contributed by atoms with Gasteiger partial charge in [0.1, 0.15) is 30.1 Å². The summed E-state index contributed by atoms with van der Waals surface area (Å²) in [4.78, 5) is 60.9. The molecule has 2 aromatic heterocycles. The average molecular weight is 566 g/mol. The van der Waals surface area contributed by atoms with Gasteiger partial charge in [0.15, 0.2) is 5.69 Å². The van der Waals surface area contributed by atoms with E-state index < -0.39 is 47.9 Å². The minimum absolute atomic E-state index is 0.0741. The molecule has 41 heavy (non-hydrogen) atoms. The number of hydrogen-bond donors (Lipinski definition) is 5. The van der Waals surface area contributed by atoms with Gasteiger partial charge in [0.25, 0.3) is 11.8 Å². The van der Waals surface area contributed by atoms with Crippen LogP contribution < -0.4 is 21.3 Å². The van der Waals surface area contributed by atoms with E-state index in [0.717, 1.165) is 11.8 Å². The fourth-order valence-corrected chi connectivity index (χ4v) is 4.66. The van der Waals surface area contributed by atoms with Gasteiger partial charge in [-0.3, -0.25) is 19.2 Å². The van der Waals surface area contributed by atoms with Gasteiger partial charge in [0, 0.05) is 20.0 Å². The van der Waals surface area contributed by atoms with Crippen molar-refractivity contribution in [3.63, 3.8) is 0 Å². The molecule has 4 atom stereocenters. The number of hydrogen-bond acceptors (Lipinski definition) is 8. The van der Waals surface area contributed by atoms with Gasteiger partial charge in [-0.15, -0.1) is 0 Å². The molecule has 5 N–H and O–H groups in total. The topological polar surface area (TPSA) is 180 Å². The highest BCUT2D eigenvalue weighted by molar-refractivity contribution is 5.97. The SMILES string of the molecule is Cc1ncn(C)c1C(=O)N[C@H]1CCCCNC(=O)[C@H]([C@@H](C)O)NC(=O)c2coc(n2)[C@H](Cc2ccccc2)NC1=O. The molecule has 218 valence electrons. The third-order valence-electron chi connectivity index (χ3n) is 6.88. The molecular weight excluding hydrogens is 530 g/mol. The maximum atomic E-state index is 13.6. The molecule has 0 fully saturated rings.